The van der Waals surface area contributed by atoms with Crippen LogP contribution in [0.3, 0.4) is 0 Å². The van der Waals surface area contributed by atoms with Crippen LogP contribution in [0.5, 0.6) is 0 Å². The van der Waals surface area contributed by atoms with Gasteiger partial charge in [0.2, 0.25) is 0 Å². The van der Waals surface area contributed by atoms with Gasteiger partial charge < -0.3 is 8.85 Å². The van der Waals surface area contributed by atoms with Gasteiger partial charge in [0.25, 0.3) is 0 Å². The number of rotatable bonds is 4. The van der Waals surface area contributed by atoms with Crippen molar-refractivity contribution in [3.8, 4) is 0 Å². The molecule has 1 unspecified atom stereocenters. The first kappa shape index (κ1) is 11.2. The average molecular weight is 202 g/mol. The van der Waals surface area contributed by atoms with Crippen molar-refractivity contribution >= 4 is 8.56 Å². The van der Waals surface area contributed by atoms with E-state index in [1.54, 1.807) is 0 Å². The molecule has 13 heavy (non-hydrogen) atoms. The van der Waals surface area contributed by atoms with Gasteiger partial charge in [-0.2, -0.15) is 0 Å². The highest BCUT2D eigenvalue weighted by atomic mass is 28.4. The summed E-state index contributed by atoms with van der Waals surface area (Å²) < 4.78 is 11.8. The smallest absolute Gasteiger partial charge is 0.344 e. The second-order valence-electron chi connectivity index (χ2n) is 4.45. The normalized spacial score (nSPS) is 29.8. The third-order valence-electron chi connectivity index (χ3n) is 3.54. The summed E-state index contributed by atoms with van der Waals surface area (Å²) in [5.41, 5.74) is 0. The van der Waals surface area contributed by atoms with Crippen LogP contribution < -0.4 is 0 Å². The maximum absolute atomic E-state index is 5.91. The Morgan fingerprint density at radius 1 is 1.23 bits per heavy atom. The second-order valence-corrected chi connectivity index (χ2v) is 8.23. The highest BCUT2D eigenvalue weighted by Gasteiger charge is 2.64. The number of hydrogen-bond acceptors (Lipinski definition) is 2. The molecule has 78 valence electrons. The number of hydrogen-bond donors (Lipinski definition) is 0. The molecule has 1 aliphatic heterocycles. The summed E-state index contributed by atoms with van der Waals surface area (Å²) in [7, 11) is -1.83. The Bertz CT molecular complexity index is 168. The van der Waals surface area contributed by atoms with E-state index in [-0.39, 0.29) is 0 Å². The lowest BCUT2D eigenvalue weighted by atomic mass is 9.97. The highest BCUT2D eigenvalue weighted by molar-refractivity contribution is 6.73. The molecule has 0 aromatic rings. The van der Waals surface area contributed by atoms with Crippen molar-refractivity contribution < 1.29 is 8.85 Å². The maximum atomic E-state index is 5.91. The molecule has 0 spiro atoms. The Hall–Kier alpha value is 0.137. The van der Waals surface area contributed by atoms with E-state index in [2.05, 4.69) is 34.6 Å². The minimum Gasteiger partial charge on any atom is -0.394 e. The van der Waals surface area contributed by atoms with Crippen molar-refractivity contribution in [2.75, 3.05) is 13.2 Å². The highest BCUT2D eigenvalue weighted by Crippen LogP contribution is 2.59. The van der Waals surface area contributed by atoms with E-state index in [1.807, 2.05) is 0 Å². The van der Waals surface area contributed by atoms with E-state index in [0.717, 1.165) is 19.1 Å². The molecule has 0 aromatic carbocycles. The molecule has 2 nitrogen and oxygen atoms in total. The largest absolute Gasteiger partial charge is 0.394 e. The van der Waals surface area contributed by atoms with Crippen LogP contribution >= 0.6 is 0 Å². The molecular formula is C10H22O2Si. The Morgan fingerprint density at radius 3 is 1.92 bits per heavy atom. The molecule has 3 heteroatoms. The van der Waals surface area contributed by atoms with Crippen LogP contribution in [0, 0.1) is 5.92 Å². The summed E-state index contributed by atoms with van der Waals surface area (Å²) in [5, 5.41) is 0.291. The lowest BCUT2D eigenvalue weighted by molar-refractivity contribution is 0.104. The molecular weight excluding hydrogens is 180 g/mol. The Labute approximate surface area is 82.9 Å². The predicted octanol–water partition coefficient (Wildman–Crippen LogP) is 2.93. The van der Waals surface area contributed by atoms with Crippen LogP contribution in [0.1, 0.15) is 34.6 Å². The molecule has 0 bridgehead atoms. The molecule has 1 saturated heterocycles. The fourth-order valence-electron chi connectivity index (χ4n) is 2.16. The lowest BCUT2D eigenvalue weighted by Crippen LogP contribution is -2.63. The van der Waals surface area contributed by atoms with Gasteiger partial charge in [-0.25, -0.2) is 0 Å². The summed E-state index contributed by atoms with van der Waals surface area (Å²) in [6, 6.07) is 1.17. The standard InChI is InChI=1S/C10H22O2Si/c1-6-11-13(12-7-2)8-9(3)10(13,4)5/h9H,6-8H2,1-5H3. The third kappa shape index (κ3) is 1.58. The Morgan fingerprint density at radius 2 is 1.69 bits per heavy atom. The van der Waals surface area contributed by atoms with Crippen LogP contribution in [0.15, 0.2) is 0 Å². The van der Waals surface area contributed by atoms with E-state index in [0.29, 0.717) is 5.04 Å². The zero-order chi connectivity index (χ0) is 10.1. The van der Waals surface area contributed by atoms with E-state index >= 15 is 0 Å². The molecule has 0 aromatic heterocycles. The van der Waals surface area contributed by atoms with Gasteiger partial charge in [-0.1, -0.05) is 20.8 Å². The van der Waals surface area contributed by atoms with Crippen molar-refractivity contribution in [3.05, 3.63) is 0 Å². The molecule has 1 atom stereocenters. The summed E-state index contributed by atoms with van der Waals surface area (Å²) in [6.07, 6.45) is 0. The van der Waals surface area contributed by atoms with Gasteiger partial charge in [-0.3, -0.25) is 0 Å². The third-order valence-corrected chi connectivity index (χ3v) is 8.66. The van der Waals surface area contributed by atoms with Crippen LogP contribution in [-0.4, -0.2) is 21.8 Å². The summed E-state index contributed by atoms with van der Waals surface area (Å²) in [6.45, 7) is 12.6. The minimum absolute atomic E-state index is 0.291. The van der Waals surface area contributed by atoms with Crippen LogP contribution in [0.2, 0.25) is 11.1 Å². The van der Waals surface area contributed by atoms with Gasteiger partial charge in [0.15, 0.2) is 0 Å². The predicted molar refractivity (Wildman–Crippen MR) is 57.0 cm³/mol. The van der Waals surface area contributed by atoms with Crippen LogP contribution in [0.25, 0.3) is 0 Å². The SMILES string of the molecule is CCO[Si]1(OCC)CC(C)C1(C)C. The first-order valence-corrected chi connectivity index (χ1v) is 7.30. The van der Waals surface area contributed by atoms with Gasteiger partial charge in [-0.15, -0.1) is 0 Å². The quantitative estimate of drug-likeness (QED) is 0.653. The Balaban J connectivity index is 2.70. The maximum Gasteiger partial charge on any atom is 0.344 e. The molecule has 0 saturated carbocycles. The van der Waals surface area contributed by atoms with Crippen LogP contribution in [0.4, 0.5) is 0 Å². The van der Waals surface area contributed by atoms with Gasteiger partial charge in [0.05, 0.1) is 0 Å². The topological polar surface area (TPSA) is 18.5 Å². The van der Waals surface area contributed by atoms with Gasteiger partial charge in [0.1, 0.15) is 0 Å². The monoisotopic (exact) mass is 202 g/mol. The molecule has 1 rings (SSSR count). The van der Waals surface area contributed by atoms with Crippen molar-refractivity contribution in [1.82, 2.24) is 0 Å². The molecule has 1 aliphatic rings. The van der Waals surface area contributed by atoms with Crippen LogP contribution in [-0.2, 0) is 8.85 Å². The molecule has 0 amide bonds. The van der Waals surface area contributed by atoms with E-state index in [9.17, 15) is 0 Å². The molecule has 0 aliphatic carbocycles. The summed E-state index contributed by atoms with van der Waals surface area (Å²) >= 11 is 0. The summed E-state index contributed by atoms with van der Waals surface area (Å²) in [4.78, 5) is 0. The zero-order valence-corrected chi connectivity index (χ0v) is 10.5. The molecule has 1 fully saturated rings. The molecule has 0 N–H and O–H groups in total. The van der Waals surface area contributed by atoms with E-state index in [4.69, 9.17) is 8.85 Å². The molecule has 0 radical (unpaired) electrons. The molecule has 1 heterocycles. The van der Waals surface area contributed by atoms with Crippen molar-refractivity contribution in [2.24, 2.45) is 5.92 Å². The summed E-state index contributed by atoms with van der Waals surface area (Å²) in [5.74, 6) is 0.747. The van der Waals surface area contributed by atoms with E-state index < -0.39 is 8.56 Å². The van der Waals surface area contributed by atoms with Crippen molar-refractivity contribution in [1.29, 1.82) is 0 Å². The Kier molecular flexibility index (Phi) is 3.20. The minimum atomic E-state index is -1.83. The van der Waals surface area contributed by atoms with Gasteiger partial charge in [0, 0.05) is 18.3 Å². The van der Waals surface area contributed by atoms with Gasteiger partial charge in [-0.05, 0) is 25.8 Å². The average Bonchev–Trinajstić information content (AvgIpc) is 2.05. The lowest BCUT2D eigenvalue weighted by Gasteiger charge is -2.56. The van der Waals surface area contributed by atoms with Crippen molar-refractivity contribution in [3.63, 3.8) is 0 Å². The zero-order valence-electron chi connectivity index (χ0n) is 9.52. The first-order chi connectivity index (χ1) is 6.00. The fraction of sp³-hybridized carbons (Fsp3) is 1.00. The fourth-order valence-corrected chi connectivity index (χ4v) is 6.49. The van der Waals surface area contributed by atoms with Crippen molar-refractivity contribution in [2.45, 2.75) is 45.7 Å². The first-order valence-electron chi connectivity index (χ1n) is 5.28. The van der Waals surface area contributed by atoms with E-state index in [1.165, 1.54) is 6.04 Å². The second kappa shape index (κ2) is 3.71. The van der Waals surface area contributed by atoms with Gasteiger partial charge >= 0.3 is 8.56 Å².